The first-order valence-corrected chi connectivity index (χ1v) is 17.1. The van der Waals surface area contributed by atoms with Crippen LogP contribution in [-0.2, 0) is 33.6 Å². The molecule has 0 aliphatic rings. The zero-order valence-corrected chi connectivity index (χ0v) is 31.2. The number of unbranched alkanes of at least 4 members (excludes halogenated alkanes) is 1. The highest BCUT2D eigenvalue weighted by Crippen LogP contribution is 2.07. The molecule has 0 radical (unpaired) electrons. The van der Waals surface area contributed by atoms with Gasteiger partial charge in [-0.1, -0.05) is 42.5 Å². The van der Waals surface area contributed by atoms with Crippen LogP contribution in [0.4, 0.5) is 9.59 Å². The second kappa shape index (κ2) is 29.9. The van der Waals surface area contributed by atoms with E-state index in [0.29, 0.717) is 12.5 Å². The number of nitrogens with one attached hydrogen (secondary N) is 5. The van der Waals surface area contributed by atoms with E-state index in [1.54, 1.807) is 13.8 Å². The molecule has 51 heavy (non-hydrogen) atoms. The summed E-state index contributed by atoms with van der Waals surface area (Å²) < 4.78 is 0. The molecule has 0 aliphatic carbocycles. The summed E-state index contributed by atoms with van der Waals surface area (Å²) >= 11 is 0. The van der Waals surface area contributed by atoms with Crippen LogP contribution in [-0.4, -0.2) is 89.3 Å². The van der Waals surface area contributed by atoms with Gasteiger partial charge in [0.05, 0.1) is 24.2 Å². The predicted octanol–water partition coefficient (Wildman–Crippen LogP) is 4.59. The third-order valence-corrected chi connectivity index (χ3v) is 7.55. The van der Waals surface area contributed by atoms with Crippen molar-refractivity contribution in [3.8, 4) is 0 Å². The quantitative estimate of drug-likeness (QED) is 0.0873. The van der Waals surface area contributed by atoms with Gasteiger partial charge < -0.3 is 36.2 Å². The average Bonchev–Trinajstić information content (AvgIpc) is 2.97. The SMILES string of the molecule is C.C.CC(=O)CC[C@H](NC(=O)N[C@@H](CCC(=O)C(C)C)C(C)=O)C(C)=O.CC(=O)CC[C@H](NC(=O)N[C@@H](CCCCNC(C)C)C(C)=O)C(C)=O. The van der Waals surface area contributed by atoms with Gasteiger partial charge in [0.2, 0.25) is 0 Å². The van der Waals surface area contributed by atoms with Crippen LogP contribution in [0.2, 0.25) is 0 Å². The molecule has 0 aromatic carbocycles. The van der Waals surface area contributed by atoms with Crippen LogP contribution in [0.1, 0.15) is 142 Å². The summed E-state index contributed by atoms with van der Waals surface area (Å²) in [7, 11) is 0. The number of carbonyl (C=O) groups is 9. The van der Waals surface area contributed by atoms with Gasteiger partial charge in [-0.3, -0.25) is 24.0 Å². The van der Waals surface area contributed by atoms with Crippen LogP contribution in [0, 0.1) is 5.92 Å². The average molecular weight is 728 g/mol. The molecule has 296 valence electrons. The fourth-order valence-corrected chi connectivity index (χ4v) is 4.36. The van der Waals surface area contributed by atoms with Crippen molar-refractivity contribution < 1.29 is 43.2 Å². The molecule has 14 nitrogen and oxygen atoms in total. The molecule has 0 saturated heterocycles. The molecular weight excluding hydrogens is 658 g/mol. The first-order valence-electron chi connectivity index (χ1n) is 17.1. The number of Topliss-reactive ketones (excluding diaryl/α,β-unsaturated/α-hetero) is 7. The second-order valence-electron chi connectivity index (χ2n) is 13.1. The van der Waals surface area contributed by atoms with Gasteiger partial charge in [0.15, 0.2) is 23.1 Å². The Bertz CT molecular complexity index is 1140. The summed E-state index contributed by atoms with van der Waals surface area (Å²) in [5, 5.41) is 13.5. The molecule has 4 amide bonds. The normalized spacial score (nSPS) is 12.6. The molecule has 0 unspecified atom stereocenters. The fourth-order valence-electron chi connectivity index (χ4n) is 4.36. The lowest BCUT2D eigenvalue weighted by Crippen LogP contribution is -2.50. The second-order valence-corrected chi connectivity index (χ2v) is 13.1. The summed E-state index contributed by atoms with van der Waals surface area (Å²) in [4.78, 5) is 104. The van der Waals surface area contributed by atoms with Crippen LogP contribution in [0.15, 0.2) is 0 Å². The van der Waals surface area contributed by atoms with Gasteiger partial charge in [0.1, 0.15) is 17.3 Å². The van der Waals surface area contributed by atoms with E-state index < -0.39 is 36.2 Å². The van der Waals surface area contributed by atoms with Crippen molar-refractivity contribution in [2.75, 3.05) is 6.54 Å². The number of carbonyl (C=O) groups excluding carboxylic acids is 9. The van der Waals surface area contributed by atoms with E-state index in [0.717, 1.165) is 19.4 Å². The zero-order chi connectivity index (χ0) is 38.3. The third kappa shape index (κ3) is 29.6. The van der Waals surface area contributed by atoms with E-state index in [2.05, 4.69) is 40.4 Å². The molecule has 0 rings (SSSR count). The van der Waals surface area contributed by atoms with Gasteiger partial charge in [-0.05, 0) is 86.6 Å². The minimum Gasteiger partial charge on any atom is -0.328 e. The molecule has 0 bridgehead atoms. The smallest absolute Gasteiger partial charge is 0.315 e. The minimum absolute atomic E-state index is 0. The minimum atomic E-state index is -0.784. The van der Waals surface area contributed by atoms with E-state index in [4.69, 9.17) is 0 Å². The molecule has 0 aromatic rings. The Kier molecular flexibility index (Phi) is 31.6. The van der Waals surface area contributed by atoms with E-state index in [9.17, 15) is 43.2 Å². The van der Waals surface area contributed by atoms with Gasteiger partial charge in [0.25, 0.3) is 0 Å². The molecule has 0 saturated carbocycles. The van der Waals surface area contributed by atoms with Gasteiger partial charge in [-0.15, -0.1) is 0 Å². The Morgan fingerprint density at radius 2 is 0.765 bits per heavy atom. The summed E-state index contributed by atoms with van der Waals surface area (Å²) in [6.07, 6.45) is 3.59. The fraction of sp³-hybridized carbons (Fsp3) is 0.757. The molecule has 14 heteroatoms. The molecule has 4 atom stereocenters. The number of amides is 4. The standard InChI is InChI=1S/C18H33N3O4.C17H28N2O5.2CH4/c1-12(2)19-11-7-6-8-16(14(4)23)20-18(25)21-17(15(5)24)10-9-13(3)22;1-10(2)16(23)9-8-15(13(5)22)19-17(24)18-14(12(4)21)7-6-11(3)20;;/h12,16-17,19H,6-11H2,1-5H3,(H2,20,21,25);10,14-15H,6-9H2,1-5H3,(H2,18,19,24);2*1H4/t16-,17-;14-,15-;;/m00../s1. The highest BCUT2D eigenvalue weighted by molar-refractivity contribution is 5.92. The topological polar surface area (TPSA) is 214 Å². The van der Waals surface area contributed by atoms with Crippen molar-refractivity contribution in [3.63, 3.8) is 0 Å². The molecule has 5 N–H and O–H groups in total. The van der Waals surface area contributed by atoms with Crippen LogP contribution < -0.4 is 26.6 Å². The maximum Gasteiger partial charge on any atom is 0.315 e. The lowest BCUT2D eigenvalue weighted by molar-refractivity contribution is -0.123. The number of hydrogen-bond acceptors (Lipinski definition) is 10. The summed E-state index contributed by atoms with van der Waals surface area (Å²) in [5.74, 6) is -1.06. The Hall–Kier alpha value is -3.81. The molecule has 0 aliphatic heterocycles. The number of hydrogen-bond donors (Lipinski definition) is 5. The van der Waals surface area contributed by atoms with Crippen molar-refractivity contribution in [1.82, 2.24) is 26.6 Å². The Morgan fingerprint density at radius 1 is 0.451 bits per heavy atom. The van der Waals surface area contributed by atoms with Crippen LogP contribution in [0.5, 0.6) is 0 Å². The van der Waals surface area contributed by atoms with E-state index in [1.165, 1.54) is 41.5 Å². The summed E-state index contributed by atoms with van der Waals surface area (Å²) in [6, 6.07) is -3.63. The van der Waals surface area contributed by atoms with Crippen molar-refractivity contribution >= 4 is 52.5 Å². The summed E-state index contributed by atoms with van der Waals surface area (Å²) in [6.45, 7) is 16.9. The van der Waals surface area contributed by atoms with Gasteiger partial charge in [0, 0.05) is 31.2 Å². The maximum absolute atomic E-state index is 12.1. The zero-order valence-electron chi connectivity index (χ0n) is 31.2. The molecule has 0 fully saturated rings. The van der Waals surface area contributed by atoms with Gasteiger partial charge in [-0.25, -0.2) is 9.59 Å². The lowest BCUT2D eigenvalue weighted by Gasteiger charge is -2.20. The monoisotopic (exact) mass is 728 g/mol. The van der Waals surface area contributed by atoms with Gasteiger partial charge in [-0.2, -0.15) is 0 Å². The number of rotatable bonds is 24. The Labute approximate surface area is 306 Å². The largest absolute Gasteiger partial charge is 0.328 e. The lowest BCUT2D eigenvalue weighted by atomic mass is 10.00. The highest BCUT2D eigenvalue weighted by atomic mass is 16.2. The van der Waals surface area contributed by atoms with E-state index >= 15 is 0 Å². The molecule has 0 heterocycles. The third-order valence-electron chi connectivity index (χ3n) is 7.55. The van der Waals surface area contributed by atoms with Crippen LogP contribution >= 0.6 is 0 Å². The Morgan fingerprint density at radius 3 is 1.04 bits per heavy atom. The number of ketones is 7. The molecular formula is C37H69N5O9. The van der Waals surface area contributed by atoms with Crippen molar-refractivity contribution in [2.45, 2.75) is 172 Å². The molecule has 0 spiro atoms. The number of urea groups is 2. The maximum atomic E-state index is 12.1. The van der Waals surface area contributed by atoms with Crippen LogP contribution in [0.25, 0.3) is 0 Å². The van der Waals surface area contributed by atoms with Crippen LogP contribution in [0.3, 0.4) is 0 Å². The summed E-state index contributed by atoms with van der Waals surface area (Å²) in [5.41, 5.74) is 0. The molecule has 0 aromatic heterocycles. The van der Waals surface area contributed by atoms with E-state index in [1.807, 2.05) is 0 Å². The van der Waals surface area contributed by atoms with Crippen molar-refractivity contribution in [1.29, 1.82) is 0 Å². The van der Waals surface area contributed by atoms with Crippen molar-refractivity contribution in [2.24, 2.45) is 5.92 Å². The first-order chi connectivity index (χ1) is 22.7. The first kappa shape index (κ1) is 54.0. The highest BCUT2D eigenvalue weighted by Gasteiger charge is 2.23. The van der Waals surface area contributed by atoms with Crippen molar-refractivity contribution in [3.05, 3.63) is 0 Å². The van der Waals surface area contributed by atoms with Gasteiger partial charge >= 0.3 is 12.1 Å². The Balaban J connectivity index is -0.000000417. The predicted molar refractivity (Wildman–Crippen MR) is 201 cm³/mol. The van der Waals surface area contributed by atoms with E-state index in [-0.39, 0.29) is 99.8 Å².